The van der Waals surface area contributed by atoms with E-state index in [1.54, 1.807) is 0 Å². The number of ketones is 1. The molecular weight excluding hydrogens is 250 g/mol. The van der Waals surface area contributed by atoms with Gasteiger partial charge in [0.1, 0.15) is 5.78 Å². The van der Waals surface area contributed by atoms with Gasteiger partial charge in [-0.05, 0) is 12.8 Å². The summed E-state index contributed by atoms with van der Waals surface area (Å²) < 4.78 is 9.47. The Morgan fingerprint density at radius 1 is 1.16 bits per heavy atom. The van der Waals surface area contributed by atoms with Crippen molar-refractivity contribution < 1.29 is 23.9 Å². The first kappa shape index (κ1) is 14.0. The van der Waals surface area contributed by atoms with Crippen LogP contribution >= 0.6 is 0 Å². The molecule has 106 valence electrons. The van der Waals surface area contributed by atoms with Gasteiger partial charge in [0.25, 0.3) is 0 Å². The van der Waals surface area contributed by atoms with Crippen LogP contribution in [0.15, 0.2) is 0 Å². The van der Waals surface area contributed by atoms with Crippen molar-refractivity contribution in [1.29, 1.82) is 0 Å². The molecule has 2 atom stereocenters. The van der Waals surface area contributed by atoms with E-state index in [0.717, 1.165) is 0 Å². The summed E-state index contributed by atoms with van der Waals surface area (Å²) in [5, 5.41) is 0. The predicted molar refractivity (Wildman–Crippen MR) is 65.3 cm³/mol. The standard InChI is InChI=1S/C13H19NO5/c1-18-12(16)7-14-9-3-8(13(17)19-2)4-10(14)6-11(15)5-9/h8-10H,3-7H2,1-2H3. The van der Waals surface area contributed by atoms with E-state index in [-0.39, 0.29) is 42.3 Å². The van der Waals surface area contributed by atoms with E-state index in [4.69, 9.17) is 4.74 Å². The van der Waals surface area contributed by atoms with Gasteiger partial charge in [-0.3, -0.25) is 19.3 Å². The zero-order valence-electron chi connectivity index (χ0n) is 11.3. The normalized spacial score (nSPS) is 30.8. The highest BCUT2D eigenvalue weighted by Crippen LogP contribution is 2.36. The zero-order valence-corrected chi connectivity index (χ0v) is 11.3. The van der Waals surface area contributed by atoms with Crippen molar-refractivity contribution in [2.75, 3.05) is 20.8 Å². The molecule has 0 aromatic carbocycles. The lowest BCUT2D eigenvalue weighted by Gasteiger charge is -2.46. The number of Topliss-reactive ketones (excluding diaryl/α,β-unsaturated/α-hetero) is 1. The molecule has 0 aliphatic carbocycles. The minimum absolute atomic E-state index is 0.0526. The molecule has 0 spiro atoms. The molecule has 2 rings (SSSR count). The van der Waals surface area contributed by atoms with Crippen LogP contribution in [0.5, 0.6) is 0 Å². The molecule has 6 nitrogen and oxygen atoms in total. The Morgan fingerprint density at radius 2 is 1.74 bits per heavy atom. The molecule has 0 amide bonds. The summed E-state index contributed by atoms with van der Waals surface area (Å²) in [4.78, 5) is 36.7. The molecule has 0 saturated carbocycles. The van der Waals surface area contributed by atoms with E-state index in [1.807, 2.05) is 4.90 Å². The number of methoxy groups -OCH3 is 2. The van der Waals surface area contributed by atoms with Crippen LogP contribution in [0, 0.1) is 5.92 Å². The molecule has 2 aliphatic heterocycles. The maximum atomic E-state index is 11.7. The van der Waals surface area contributed by atoms with Gasteiger partial charge >= 0.3 is 11.9 Å². The van der Waals surface area contributed by atoms with E-state index < -0.39 is 0 Å². The largest absolute Gasteiger partial charge is 0.469 e. The van der Waals surface area contributed by atoms with Crippen LogP contribution in [-0.4, -0.2) is 55.5 Å². The lowest BCUT2D eigenvalue weighted by atomic mass is 9.78. The molecule has 2 saturated heterocycles. The van der Waals surface area contributed by atoms with Crippen LogP contribution in [0.3, 0.4) is 0 Å². The topological polar surface area (TPSA) is 72.9 Å². The van der Waals surface area contributed by atoms with Crippen LogP contribution < -0.4 is 0 Å². The number of esters is 2. The highest BCUT2D eigenvalue weighted by Gasteiger charge is 2.44. The number of piperidine rings is 2. The fourth-order valence-corrected chi connectivity index (χ4v) is 3.16. The van der Waals surface area contributed by atoms with Gasteiger partial charge in [-0.1, -0.05) is 0 Å². The van der Waals surface area contributed by atoms with Crippen molar-refractivity contribution >= 4 is 17.7 Å². The summed E-state index contributed by atoms with van der Waals surface area (Å²) in [6.45, 7) is 0.188. The van der Waals surface area contributed by atoms with Gasteiger partial charge < -0.3 is 9.47 Å². The molecule has 2 heterocycles. The number of carbonyl (C=O) groups is 3. The minimum atomic E-state index is -0.305. The van der Waals surface area contributed by atoms with Crippen LogP contribution in [0.25, 0.3) is 0 Å². The van der Waals surface area contributed by atoms with Gasteiger partial charge in [0.2, 0.25) is 0 Å². The summed E-state index contributed by atoms with van der Waals surface area (Å²) in [6, 6.07) is -0.105. The van der Waals surface area contributed by atoms with E-state index in [1.165, 1.54) is 14.2 Å². The molecule has 6 heteroatoms. The van der Waals surface area contributed by atoms with Gasteiger partial charge in [0.15, 0.2) is 0 Å². The first-order chi connectivity index (χ1) is 9.05. The number of rotatable bonds is 3. The van der Waals surface area contributed by atoms with Crippen molar-refractivity contribution in [3.63, 3.8) is 0 Å². The van der Waals surface area contributed by atoms with Crippen molar-refractivity contribution in [3.8, 4) is 0 Å². The molecule has 2 fully saturated rings. The summed E-state index contributed by atoms with van der Waals surface area (Å²) >= 11 is 0. The third-order valence-corrected chi connectivity index (χ3v) is 4.05. The van der Waals surface area contributed by atoms with Gasteiger partial charge in [-0.2, -0.15) is 0 Å². The molecule has 2 bridgehead atoms. The Kier molecular flexibility index (Phi) is 4.19. The van der Waals surface area contributed by atoms with Crippen LogP contribution in [0.2, 0.25) is 0 Å². The monoisotopic (exact) mass is 269 g/mol. The Labute approximate surface area is 112 Å². The second-order valence-corrected chi connectivity index (χ2v) is 5.19. The van der Waals surface area contributed by atoms with Gasteiger partial charge in [-0.15, -0.1) is 0 Å². The van der Waals surface area contributed by atoms with Crippen molar-refractivity contribution in [1.82, 2.24) is 4.90 Å². The average molecular weight is 269 g/mol. The first-order valence-electron chi connectivity index (χ1n) is 6.47. The lowest BCUT2D eigenvalue weighted by Crippen LogP contribution is -2.57. The third kappa shape index (κ3) is 2.94. The summed E-state index contributed by atoms with van der Waals surface area (Å²) in [5.74, 6) is -0.482. The Bertz CT molecular complexity index is 376. The Hall–Kier alpha value is -1.43. The number of hydrogen-bond acceptors (Lipinski definition) is 6. The lowest BCUT2D eigenvalue weighted by molar-refractivity contribution is -0.154. The highest BCUT2D eigenvalue weighted by atomic mass is 16.5. The number of ether oxygens (including phenoxy) is 2. The van der Waals surface area contributed by atoms with Gasteiger partial charge in [-0.25, -0.2) is 0 Å². The molecule has 0 N–H and O–H groups in total. The van der Waals surface area contributed by atoms with Crippen LogP contribution in [0.4, 0.5) is 0 Å². The fourth-order valence-electron chi connectivity index (χ4n) is 3.16. The maximum absolute atomic E-state index is 11.7. The van der Waals surface area contributed by atoms with Crippen LogP contribution in [0.1, 0.15) is 25.7 Å². The summed E-state index contributed by atoms with van der Waals surface area (Å²) in [7, 11) is 2.73. The molecule has 0 aromatic heterocycles. The van der Waals surface area contributed by atoms with E-state index in [2.05, 4.69) is 4.74 Å². The third-order valence-electron chi connectivity index (χ3n) is 4.05. The molecule has 0 radical (unpaired) electrons. The number of fused-ring (bicyclic) bond motifs is 2. The highest BCUT2D eigenvalue weighted by molar-refractivity contribution is 5.82. The zero-order chi connectivity index (χ0) is 14.0. The van der Waals surface area contributed by atoms with Gasteiger partial charge in [0.05, 0.1) is 26.7 Å². The second kappa shape index (κ2) is 5.69. The first-order valence-corrected chi connectivity index (χ1v) is 6.47. The Balaban J connectivity index is 2.10. The number of hydrogen-bond donors (Lipinski definition) is 0. The number of carbonyl (C=O) groups excluding carboxylic acids is 3. The molecule has 0 aromatic rings. The van der Waals surface area contributed by atoms with Gasteiger partial charge in [0, 0.05) is 24.9 Å². The number of nitrogens with zero attached hydrogens (tertiary/aromatic N) is 1. The minimum Gasteiger partial charge on any atom is -0.469 e. The maximum Gasteiger partial charge on any atom is 0.319 e. The fraction of sp³-hybridized carbons (Fsp3) is 0.769. The van der Waals surface area contributed by atoms with Crippen molar-refractivity contribution in [2.45, 2.75) is 37.8 Å². The smallest absolute Gasteiger partial charge is 0.319 e. The van der Waals surface area contributed by atoms with Crippen molar-refractivity contribution in [3.05, 3.63) is 0 Å². The molecule has 2 unspecified atom stereocenters. The molecule has 19 heavy (non-hydrogen) atoms. The quantitative estimate of drug-likeness (QED) is 0.679. The molecular formula is C13H19NO5. The molecule has 2 aliphatic rings. The second-order valence-electron chi connectivity index (χ2n) is 5.19. The summed E-state index contributed by atoms with van der Waals surface area (Å²) in [5.41, 5.74) is 0. The van der Waals surface area contributed by atoms with E-state index in [9.17, 15) is 14.4 Å². The van der Waals surface area contributed by atoms with Crippen LogP contribution in [-0.2, 0) is 23.9 Å². The average Bonchev–Trinajstić information content (AvgIpc) is 2.38. The Morgan fingerprint density at radius 3 is 2.21 bits per heavy atom. The SMILES string of the molecule is COC(=O)CN1C2CC(=O)CC1CC(C(=O)OC)C2. The van der Waals surface area contributed by atoms with Crippen molar-refractivity contribution in [2.24, 2.45) is 5.92 Å². The predicted octanol–water partition coefficient (Wildman–Crippen LogP) is 0.145. The van der Waals surface area contributed by atoms with E-state index in [0.29, 0.717) is 25.7 Å². The van der Waals surface area contributed by atoms with E-state index >= 15 is 0 Å². The summed E-state index contributed by atoms with van der Waals surface area (Å²) in [6.07, 6.45) is 1.96.